The van der Waals surface area contributed by atoms with Gasteiger partial charge in [0, 0.05) is 10.7 Å². The first-order valence-electron chi connectivity index (χ1n) is 9.54. The van der Waals surface area contributed by atoms with E-state index < -0.39 is 28.4 Å². The van der Waals surface area contributed by atoms with E-state index in [0.717, 1.165) is 9.87 Å². The quantitative estimate of drug-likeness (QED) is 0.518. The Bertz CT molecular complexity index is 1230. The summed E-state index contributed by atoms with van der Waals surface area (Å²) in [5.41, 5.74) is 1.88. The third kappa shape index (κ3) is 5.46. The highest BCUT2D eigenvalue weighted by atomic mass is 35.5. The molecule has 0 aliphatic rings. The number of rotatable bonds is 7. The Labute approximate surface area is 191 Å². The van der Waals surface area contributed by atoms with Crippen molar-refractivity contribution in [2.24, 2.45) is 0 Å². The first-order valence-corrected chi connectivity index (χ1v) is 11.4. The smallest absolute Gasteiger partial charge is 0.337 e. The van der Waals surface area contributed by atoms with Crippen molar-refractivity contribution in [3.8, 4) is 0 Å². The van der Waals surface area contributed by atoms with Gasteiger partial charge in [-0.15, -0.1) is 0 Å². The summed E-state index contributed by atoms with van der Waals surface area (Å²) in [7, 11) is -2.80. The monoisotopic (exact) mass is 472 g/mol. The average molecular weight is 473 g/mol. The normalized spacial score (nSPS) is 11.0. The number of nitrogens with zero attached hydrogens (tertiary/aromatic N) is 1. The van der Waals surface area contributed by atoms with Crippen molar-refractivity contribution in [1.82, 2.24) is 0 Å². The van der Waals surface area contributed by atoms with Crippen molar-refractivity contribution in [2.45, 2.75) is 11.8 Å². The van der Waals surface area contributed by atoms with Crippen molar-refractivity contribution in [2.75, 3.05) is 23.3 Å². The molecular formula is C23H21ClN2O5S. The number of anilines is 2. The molecule has 0 aliphatic heterocycles. The molecule has 0 fully saturated rings. The maximum Gasteiger partial charge on any atom is 0.337 e. The van der Waals surface area contributed by atoms with Gasteiger partial charge in [0.2, 0.25) is 5.91 Å². The SMILES string of the molecule is COC(=O)c1cccc(NC(=O)CN(c2ccc(C)cc2)S(=O)(=O)c2ccc(Cl)cc2)c1. The van der Waals surface area contributed by atoms with E-state index in [1.807, 2.05) is 6.92 Å². The summed E-state index contributed by atoms with van der Waals surface area (Å²) < 4.78 is 32.4. The first kappa shape index (κ1) is 23.3. The number of sulfonamides is 1. The van der Waals surface area contributed by atoms with Gasteiger partial charge in [-0.05, 0) is 61.5 Å². The number of aryl methyl sites for hydroxylation is 1. The molecule has 1 amide bonds. The number of halogens is 1. The zero-order valence-electron chi connectivity index (χ0n) is 17.4. The summed E-state index contributed by atoms with van der Waals surface area (Å²) in [6, 6.07) is 18.7. The minimum atomic E-state index is -4.06. The van der Waals surface area contributed by atoms with Crippen LogP contribution in [0.1, 0.15) is 15.9 Å². The van der Waals surface area contributed by atoms with Crippen LogP contribution < -0.4 is 9.62 Å². The lowest BCUT2D eigenvalue weighted by molar-refractivity contribution is -0.114. The van der Waals surface area contributed by atoms with Gasteiger partial charge >= 0.3 is 5.97 Å². The van der Waals surface area contributed by atoms with Crippen LogP contribution in [0, 0.1) is 6.92 Å². The van der Waals surface area contributed by atoms with E-state index in [0.29, 0.717) is 16.4 Å². The Hall–Kier alpha value is -3.36. The van der Waals surface area contributed by atoms with Gasteiger partial charge < -0.3 is 10.1 Å². The number of amides is 1. The Morgan fingerprint density at radius 3 is 2.28 bits per heavy atom. The molecule has 0 saturated heterocycles. The van der Waals surface area contributed by atoms with E-state index in [2.05, 4.69) is 10.1 Å². The third-order valence-corrected chi connectivity index (χ3v) is 6.62. The number of hydrogen-bond donors (Lipinski definition) is 1. The summed E-state index contributed by atoms with van der Waals surface area (Å²) in [6.07, 6.45) is 0. The summed E-state index contributed by atoms with van der Waals surface area (Å²) in [5, 5.41) is 3.03. The summed E-state index contributed by atoms with van der Waals surface area (Å²) in [5.74, 6) is -1.13. The van der Waals surface area contributed by atoms with Crippen LogP contribution in [0.2, 0.25) is 5.02 Å². The lowest BCUT2D eigenvalue weighted by Gasteiger charge is -2.24. The van der Waals surface area contributed by atoms with Crippen LogP contribution in [0.5, 0.6) is 0 Å². The highest BCUT2D eigenvalue weighted by molar-refractivity contribution is 7.92. The van der Waals surface area contributed by atoms with Crippen LogP contribution in [0.15, 0.2) is 77.7 Å². The number of esters is 1. The highest BCUT2D eigenvalue weighted by Crippen LogP contribution is 2.25. The van der Waals surface area contributed by atoms with Crippen LogP contribution in [0.4, 0.5) is 11.4 Å². The Kier molecular flexibility index (Phi) is 7.17. The molecular weight excluding hydrogens is 452 g/mol. The molecule has 0 spiro atoms. The number of nitrogens with one attached hydrogen (secondary N) is 1. The number of carbonyl (C=O) groups is 2. The van der Waals surface area contributed by atoms with E-state index in [1.165, 1.54) is 37.4 Å². The van der Waals surface area contributed by atoms with E-state index in [4.69, 9.17) is 11.6 Å². The van der Waals surface area contributed by atoms with Gasteiger partial charge in [0.25, 0.3) is 10.0 Å². The molecule has 0 heterocycles. The average Bonchev–Trinajstić information content (AvgIpc) is 2.78. The second-order valence-corrected chi connectivity index (χ2v) is 9.22. The van der Waals surface area contributed by atoms with E-state index in [1.54, 1.807) is 42.5 Å². The van der Waals surface area contributed by atoms with Crippen LogP contribution in [-0.2, 0) is 19.6 Å². The standard InChI is InChI=1S/C23H21ClN2O5S/c1-16-6-10-20(11-7-16)26(32(29,30)21-12-8-18(24)9-13-21)15-22(27)25-19-5-3-4-17(14-19)23(28)31-2/h3-14H,15H2,1-2H3,(H,25,27). The van der Waals surface area contributed by atoms with Gasteiger partial charge in [0.15, 0.2) is 0 Å². The maximum atomic E-state index is 13.3. The molecule has 0 radical (unpaired) electrons. The maximum absolute atomic E-state index is 13.3. The largest absolute Gasteiger partial charge is 0.465 e. The molecule has 0 bridgehead atoms. The van der Waals surface area contributed by atoms with Crippen molar-refractivity contribution in [3.05, 3.63) is 88.9 Å². The number of methoxy groups -OCH3 is 1. The Morgan fingerprint density at radius 2 is 1.66 bits per heavy atom. The molecule has 9 heteroatoms. The molecule has 7 nitrogen and oxygen atoms in total. The van der Waals surface area contributed by atoms with Crippen molar-refractivity contribution in [3.63, 3.8) is 0 Å². The molecule has 0 atom stereocenters. The number of carbonyl (C=O) groups excluding carboxylic acids is 2. The summed E-state index contributed by atoms with van der Waals surface area (Å²) in [6.45, 7) is 1.40. The van der Waals surface area contributed by atoms with E-state index in [9.17, 15) is 18.0 Å². The lowest BCUT2D eigenvalue weighted by Crippen LogP contribution is -2.38. The number of hydrogen-bond acceptors (Lipinski definition) is 5. The highest BCUT2D eigenvalue weighted by Gasteiger charge is 2.27. The minimum absolute atomic E-state index is 0.00274. The zero-order valence-corrected chi connectivity index (χ0v) is 19.0. The molecule has 1 N–H and O–H groups in total. The molecule has 0 aliphatic carbocycles. The predicted octanol–water partition coefficient (Wildman–Crippen LogP) is 4.27. The fourth-order valence-corrected chi connectivity index (χ4v) is 4.48. The predicted molar refractivity (Wildman–Crippen MR) is 124 cm³/mol. The van der Waals surface area contributed by atoms with E-state index in [-0.39, 0.29) is 10.5 Å². The topological polar surface area (TPSA) is 92.8 Å². The lowest BCUT2D eigenvalue weighted by atomic mass is 10.2. The van der Waals surface area contributed by atoms with Gasteiger partial charge in [0.05, 0.1) is 23.3 Å². The summed E-state index contributed by atoms with van der Waals surface area (Å²) in [4.78, 5) is 24.5. The second-order valence-electron chi connectivity index (χ2n) is 6.92. The van der Waals surface area contributed by atoms with Crippen LogP contribution >= 0.6 is 11.6 Å². The molecule has 0 aromatic heterocycles. The molecule has 3 rings (SSSR count). The number of benzene rings is 3. The van der Waals surface area contributed by atoms with Crippen LogP contribution in [0.3, 0.4) is 0 Å². The van der Waals surface area contributed by atoms with Crippen molar-refractivity contribution >= 4 is 44.9 Å². The summed E-state index contributed by atoms with van der Waals surface area (Å²) >= 11 is 5.89. The van der Waals surface area contributed by atoms with Gasteiger partial charge in [-0.25, -0.2) is 13.2 Å². The van der Waals surface area contributed by atoms with Crippen LogP contribution in [-0.4, -0.2) is 33.9 Å². The Morgan fingerprint density at radius 1 is 1.00 bits per heavy atom. The van der Waals surface area contributed by atoms with Gasteiger partial charge in [-0.2, -0.15) is 0 Å². The molecule has 3 aromatic carbocycles. The van der Waals surface area contributed by atoms with Crippen molar-refractivity contribution < 1.29 is 22.7 Å². The van der Waals surface area contributed by atoms with Gasteiger partial charge in [0.1, 0.15) is 6.54 Å². The third-order valence-electron chi connectivity index (χ3n) is 4.58. The van der Waals surface area contributed by atoms with Crippen LogP contribution in [0.25, 0.3) is 0 Å². The van der Waals surface area contributed by atoms with Crippen molar-refractivity contribution in [1.29, 1.82) is 0 Å². The van der Waals surface area contributed by atoms with Gasteiger partial charge in [-0.1, -0.05) is 35.4 Å². The van der Waals surface area contributed by atoms with Gasteiger partial charge in [-0.3, -0.25) is 9.10 Å². The molecule has 0 unspecified atom stereocenters. The molecule has 166 valence electrons. The first-order chi connectivity index (χ1) is 15.2. The fourth-order valence-electron chi connectivity index (χ4n) is 2.93. The molecule has 32 heavy (non-hydrogen) atoms. The zero-order chi connectivity index (χ0) is 23.3. The molecule has 0 saturated carbocycles. The van der Waals surface area contributed by atoms with E-state index >= 15 is 0 Å². The molecule has 3 aromatic rings. The minimum Gasteiger partial charge on any atom is -0.465 e. The second kappa shape index (κ2) is 9.84. The fraction of sp³-hybridized carbons (Fsp3) is 0.130. The number of ether oxygens (including phenoxy) is 1. The Balaban J connectivity index is 1.91.